The third kappa shape index (κ3) is 3.65. The molecule has 1 amide bonds. The van der Waals surface area contributed by atoms with E-state index in [4.69, 9.17) is 9.15 Å². The van der Waals surface area contributed by atoms with Crippen LogP contribution in [0.3, 0.4) is 0 Å². The number of rotatable bonds is 4. The van der Waals surface area contributed by atoms with Gasteiger partial charge in [-0.25, -0.2) is 13.6 Å². The summed E-state index contributed by atoms with van der Waals surface area (Å²) in [6.45, 7) is 0.943. The van der Waals surface area contributed by atoms with Gasteiger partial charge in [0.05, 0.1) is 12.0 Å². The van der Waals surface area contributed by atoms with Crippen LogP contribution in [-0.4, -0.2) is 18.5 Å². The van der Waals surface area contributed by atoms with Crippen LogP contribution in [0.25, 0.3) is 0 Å². The highest BCUT2D eigenvalue weighted by atomic mass is 19.1. The smallest absolute Gasteiger partial charge is 0.342 e. The molecule has 0 bridgehead atoms. The van der Waals surface area contributed by atoms with Crippen molar-refractivity contribution in [1.82, 2.24) is 0 Å². The molecule has 2 rings (SSSR count). The van der Waals surface area contributed by atoms with E-state index in [-0.39, 0.29) is 11.3 Å². The first-order valence-corrected chi connectivity index (χ1v) is 5.93. The molecule has 0 saturated carbocycles. The number of aryl methyl sites for hydroxylation is 1. The lowest BCUT2D eigenvalue weighted by molar-refractivity contribution is -0.119. The highest BCUT2D eigenvalue weighted by Crippen LogP contribution is 2.15. The van der Waals surface area contributed by atoms with Crippen molar-refractivity contribution in [1.29, 1.82) is 0 Å². The second-order valence-electron chi connectivity index (χ2n) is 4.14. The third-order valence-corrected chi connectivity index (χ3v) is 2.62. The number of hydrogen-bond donors (Lipinski definition) is 1. The number of furan rings is 1. The van der Waals surface area contributed by atoms with Gasteiger partial charge in [0, 0.05) is 6.07 Å². The molecule has 2 aromatic rings. The number of ether oxygens (including phenoxy) is 1. The van der Waals surface area contributed by atoms with Gasteiger partial charge in [-0.1, -0.05) is 0 Å². The number of esters is 1. The Balaban J connectivity index is 1.92. The maximum absolute atomic E-state index is 13.3. The molecular weight excluding hydrogens is 284 g/mol. The molecule has 0 spiro atoms. The first kappa shape index (κ1) is 14.7. The number of benzene rings is 1. The van der Waals surface area contributed by atoms with Crippen LogP contribution in [0.5, 0.6) is 0 Å². The fourth-order valence-corrected chi connectivity index (χ4v) is 1.59. The molecule has 0 aliphatic rings. The fourth-order valence-electron chi connectivity index (χ4n) is 1.59. The minimum atomic E-state index is -0.790. The van der Waals surface area contributed by atoms with Crippen molar-refractivity contribution in [2.45, 2.75) is 6.92 Å². The minimum Gasteiger partial charge on any atom is -0.469 e. The molecule has 0 unspecified atom stereocenters. The molecule has 1 N–H and O–H groups in total. The normalized spacial score (nSPS) is 10.2. The Morgan fingerprint density at radius 3 is 2.71 bits per heavy atom. The van der Waals surface area contributed by atoms with Crippen molar-refractivity contribution >= 4 is 17.6 Å². The van der Waals surface area contributed by atoms with Crippen LogP contribution in [0.4, 0.5) is 14.5 Å². The molecule has 0 aliphatic heterocycles. The minimum absolute atomic E-state index is 0.194. The summed E-state index contributed by atoms with van der Waals surface area (Å²) < 4.78 is 35.9. The van der Waals surface area contributed by atoms with Crippen LogP contribution >= 0.6 is 0 Å². The van der Waals surface area contributed by atoms with Crippen LogP contribution in [0.15, 0.2) is 34.9 Å². The van der Waals surface area contributed by atoms with E-state index in [1.165, 1.54) is 12.3 Å². The highest BCUT2D eigenvalue weighted by Gasteiger charge is 2.15. The molecule has 21 heavy (non-hydrogen) atoms. The summed E-state index contributed by atoms with van der Waals surface area (Å²) in [7, 11) is 0. The van der Waals surface area contributed by atoms with E-state index >= 15 is 0 Å². The van der Waals surface area contributed by atoms with Gasteiger partial charge >= 0.3 is 5.97 Å². The Morgan fingerprint density at radius 1 is 1.29 bits per heavy atom. The number of anilines is 1. The predicted octanol–water partition coefficient (Wildman–Crippen LogP) is 2.66. The molecule has 5 nitrogen and oxygen atoms in total. The molecule has 0 saturated heterocycles. The average molecular weight is 295 g/mol. The Kier molecular flexibility index (Phi) is 4.32. The number of carbonyl (C=O) groups excluding carboxylic acids is 2. The van der Waals surface area contributed by atoms with Gasteiger partial charge < -0.3 is 14.5 Å². The molecule has 0 radical (unpaired) electrons. The summed E-state index contributed by atoms with van der Waals surface area (Å²) in [5, 5.41) is 2.11. The van der Waals surface area contributed by atoms with Crippen molar-refractivity contribution in [2.24, 2.45) is 0 Å². The summed E-state index contributed by atoms with van der Waals surface area (Å²) in [6.07, 6.45) is 1.31. The summed E-state index contributed by atoms with van der Waals surface area (Å²) in [5.41, 5.74) is -0.129. The molecule has 0 atom stereocenters. The third-order valence-electron chi connectivity index (χ3n) is 2.62. The Hall–Kier alpha value is -2.70. The van der Waals surface area contributed by atoms with E-state index in [1.807, 2.05) is 0 Å². The summed E-state index contributed by atoms with van der Waals surface area (Å²) in [6, 6.07) is 4.04. The molecule has 110 valence electrons. The van der Waals surface area contributed by atoms with Crippen molar-refractivity contribution < 1.29 is 27.5 Å². The standard InChI is InChI=1S/C14H11F2NO4/c1-8-10(4-5-20-8)14(19)21-7-13(18)17-12-6-9(15)2-3-11(12)16/h2-6H,7H2,1H3,(H,17,18). The van der Waals surface area contributed by atoms with Crippen LogP contribution < -0.4 is 5.32 Å². The number of nitrogens with one attached hydrogen (secondary N) is 1. The molecule has 0 aliphatic carbocycles. The van der Waals surface area contributed by atoms with Crippen molar-refractivity contribution in [3.8, 4) is 0 Å². The number of hydrogen-bond acceptors (Lipinski definition) is 4. The second-order valence-corrected chi connectivity index (χ2v) is 4.14. The lowest BCUT2D eigenvalue weighted by Gasteiger charge is -2.07. The topological polar surface area (TPSA) is 68.5 Å². The van der Waals surface area contributed by atoms with Crippen LogP contribution in [-0.2, 0) is 9.53 Å². The van der Waals surface area contributed by atoms with Gasteiger partial charge in [0.15, 0.2) is 6.61 Å². The number of halogens is 2. The van der Waals surface area contributed by atoms with E-state index < -0.39 is 30.1 Å². The Bertz CT molecular complexity index is 681. The first-order valence-electron chi connectivity index (χ1n) is 5.93. The Morgan fingerprint density at radius 2 is 2.05 bits per heavy atom. The van der Waals surface area contributed by atoms with Crippen LogP contribution in [0.2, 0.25) is 0 Å². The molecule has 1 heterocycles. The van der Waals surface area contributed by atoms with Crippen molar-refractivity contribution in [2.75, 3.05) is 11.9 Å². The Labute approximate surface area is 118 Å². The SMILES string of the molecule is Cc1occc1C(=O)OCC(=O)Nc1cc(F)ccc1F. The molecule has 1 aromatic heterocycles. The van der Waals surface area contributed by atoms with E-state index in [0.717, 1.165) is 18.2 Å². The van der Waals surface area contributed by atoms with Gasteiger partial charge in [-0.15, -0.1) is 0 Å². The monoisotopic (exact) mass is 295 g/mol. The van der Waals surface area contributed by atoms with Crippen LogP contribution in [0, 0.1) is 18.6 Å². The van der Waals surface area contributed by atoms with Crippen LogP contribution in [0.1, 0.15) is 16.1 Å². The molecule has 0 fully saturated rings. The lowest BCUT2D eigenvalue weighted by atomic mass is 10.3. The zero-order chi connectivity index (χ0) is 15.4. The first-order chi connectivity index (χ1) is 9.97. The maximum atomic E-state index is 13.3. The number of amides is 1. The quantitative estimate of drug-likeness (QED) is 0.880. The number of carbonyl (C=O) groups is 2. The average Bonchev–Trinajstić information content (AvgIpc) is 2.86. The van der Waals surface area contributed by atoms with E-state index in [1.54, 1.807) is 6.92 Å². The molecule has 1 aromatic carbocycles. The van der Waals surface area contributed by atoms with Gasteiger partial charge in [-0.3, -0.25) is 4.79 Å². The largest absolute Gasteiger partial charge is 0.469 e. The van der Waals surface area contributed by atoms with E-state index in [0.29, 0.717) is 5.76 Å². The van der Waals surface area contributed by atoms with Gasteiger partial charge in [0.25, 0.3) is 5.91 Å². The second kappa shape index (κ2) is 6.17. The van der Waals surface area contributed by atoms with Crippen molar-refractivity contribution in [3.05, 3.63) is 53.5 Å². The van der Waals surface area contributed by atoms with E-state index in [2.05, 4.69) is 5.32 Å². The molecular formula is C14H11F2NO4. The summed E-state index contributed by atoms with van der Waals surface area (Å²) in [5.74, 6) is -2.65. The fraction of sp³-hybridized carbons (Fsp3) is 0.143. The zero-order valence-electron chi connectivity index (χ0n) is 11.0. The van der Waals surface area contributed by atoms with E-state index in [9.17, 15) is 18.4 Å². The highest BCUT2D eigenvalue weighted by molar-refractivity contribution is 5.95. The van der Waals surface area contributed by atoms with Gasteiger partial charge in [-0.2, -0.15) is 0 Å². The maximum Gasteiger partial charge on any atom is 0.342 e. The zero-order valence-corrected chi connectivity index (χ0v) is 11.0. The predicted molar refractivity (Wildman–Crippen MR) is 68.7 cm³/mol. The summed E-state index contributed by atoms with van der Waals surface area (Å²) >= 11 is 0. The van der Waals surface area contributed by atoms with Gasteiger partial charge in [0.1, 0.15) is 23.0 Å². The van der Waals surface area contributed by atoms with Crippen molar-refractivity contribution in [3.63, 3.8) is 0 Å². The van der Waals surface area contributed by atoms with Gasteiger partial charge in [-0.05, 0) is 25.1 Å². The molecule has 7 heteroatoms. The van der Waals surface area contributed by atoms with Gasteiger partial charge in [0.2, 0.25) is 0 Å². The summed E-state index contributed by atoms with van der Waals surface area (Å²) in [4.78, 5) is 23.1. The lowest BCUT2D eigenvalue weighted by Crippen LogP contribution is -2.21.